The van der Waals surface area contributed by atoms with Gasteiger partial charge in [-0.2, -0.15) is 5.26 Å². The van der Waals surface area contributed by atoms with Gasteiger partial charge in [-0.3, -0.25) is 9.78 Å². The number of carbonyl (C=O) groups is 1. The second-order valence-electron chi connectivity index (χ2n) is 3.81. The van der Waals surface area contributed by atoms with Crippen LogP contribution in [-0.4, -0.2) is 10.8 Å². The zero-order valence-electron chi connectivity index (χ0n) is 9.68. The summed E-state index contributed by atoms with van der Waals surface area (Å²) in [7, 11) is 0. The Morgan fingerprint density at radius 2 is 1.89 bits per heavy atom. The molecule has 3 nitrogen and oxygen atoms in total. The Hall–Kier alpha value is -1.89. The first-order valence-corrected chi connectivity index (χ1v) is 6.18. The monoisotopic (exact) mass is 290 g/mol. The van der Waals surface area contributed by atoms with Gasteiger partial charge in [0.15, 0.2) is 5.78 Å². The molecule has 0 N–H and O–H groups in total. The molecule has 1 aromatic heterocycles. The third-order valence-corrected chi connectivity index (χ3v) is 3.25. The molecule has 0 aliphatic heterocycles. The van der Waals surface area contributed by atoms with Crippen LogP contribution in [0.3, 0.4) is 0 Å². The Morgan fingerprint density at radius 1 is 1.21 bits per heavy atom. The highest BCUT2D eigenvalue weighted by Crippen LogP contribution is 2.29. The van der Waals surface area contributed by atoms with E-state index in [4.69, 9.17) is 23.2 Å². The smallest absolute Gasteiger partial charge is 0.187 e. The van der Waals surface area contributed by atoms with Gasteiger partial charge >= 0.3 is 0 Å². The van der Waals surface area contributed by atoms with Gasteiger partial charge in [0.05, 0.1) is 21.7 Å². The van der Waals surface area contributed by atoms with E-state index in [9.17, 15) is 10.1 Å². The minimum absolute atomic E-state index is 0.168. The van der Waals surface area contributed by atoms with E-state index >= 15 is 0 Å². The minimum Gasteiger partial charge on any atom is -0.292 e. The van der Waals surface area contributed by atoms with Crippen LogP contribution in [-0.2, 0) is 0 Å². The molecule has 94 valence electrons. The quantitative estimate of drug-likeness (QED) is 0.806. The van der Waals surface area contributed by atoms with Crippen LogP contribution in [0.4, 0.5) is 0 Å². The van der Waals surface area contributed by atoms with E-state index in [1.807, 2.05) is 6.07 Å². The molecule has 0 saturated heterocycles. The number of hydrogen-bond donors (Lipinski definition) is 0. The number of nitriles is 1. The molecule has 1 atom stereocenters. The molecule has 2 aromatic rings. The average Bonchev–Trinajstić information content (AvgIpc) is 2.40. The summed E-state index contributed by atoms with van der Waals surface area (Å²) in [5.41, 5.74) is 0.687. The number of Topliss-reactive ketones (excluding diaryl/α,β-unsaturated/α-hetero) is 1. The highest BCUT2D eigenvalue weighted by Gasteiger charge is 2.25. The predicted molar refractivity (Wildman–Crippen MR) is 73.4 cm³/mol. The first kappa shape index (κ1) is 13.5. The Labute approximate surface area is 120 Å². The van der Waals surface area contributed by atoms with E-state index in [0.29, 0.717) is 5.56 Å². The molecular weight excluding hydrogens is 283 g/mol. The van der Waals surface area contributed by atoms with Crippen molar-refractivity contribution in [3.63, 3.8) is 0 Å². The number of rotatable bonds is 3. The van der Waals surface area contributed by atoms with Gasteiger partial charge in [0.2, 0.25) is 0 Å². The van der Waals surface area contributed by atoms with Crippen molar-refractivity contribution in [2.24, 2.45) is 0 Å². The number of nitrogens with zero attached hydrogens (tertiary/aromatic N) is 2. The molecule has 0 fully saturated rings. The molecule has 1 heterocycles. The number of hydrogen-bond acceptors (Lipinski definition) is 3. The van der Waals surface area contributed by atoms with Crippen LogP contribution in [0.25, 0.3) is 0 Å². The predicted octanol–water partition coefficient (Wildman–Crippen LogP) is 3.88. The van der Waals surface area contributed by atoms with Crippen molar-refractivity contribution in [3.8, 4) is 6.07 Å². The summed E-state index contributed by atoms with van der Waals surface area (Å²) in [6, 6.07) is 10.1. The minimum atomic E-state index is -0.967. The van der Waals surface area contributed by atoms with E-state index in [1.165, 1.54) is 6.20 Å². The van der Waals surface area contributed by atoms with Gasteiger partial charge in [-0.15, -0.1) is 0 Å². The third-order valence-electron chi connectivity index (χ3n) is 2.62. The molecule has 0 saturated carbocycles. The summed E-state index contributed by atoms with van der Waals surface area (Å²) in [6.45, 7) is 0. The van der Waals surface area contributed by atoms with Gasteiger partial charge in [-0.1, -0.05) is 35.3 Å². The molecular formula is C14H8Cl2N2O. The van der Waals surface area contributed by atoms with Crippen molar-refractivity contribution in [2.45, 2.75) is 5.92 Å². The zero-order chi connectivity index (χ0) is 13.8. The van der Waals surface area contributed by atoms with E-state index in [2.05, 4.69) is 4.98 Å². The standard InChI is InChI=1S/C14H8Cl2N2O/c15-11-4-1-5-12(16)13(11)14(19)10(7-17)9-3-2-6-18-8-9/h1-6,8,10H. The maximum absolute atomic E-state index is 12.4. The van der Waals surface area contributed by atoms with Crippen LogP contribution < -0.4 is 0 Å². The van der Waals surface area contributed by atoms with Crippen molar-refractivity contribution < 1.29 is 4.79 Å². The molecule has 1 aromatic carbocycles. The number of ketones is 1. The first-order chi connectivity index (χ1) is 9.15. The van der Waals surface area contributed by atoms with Crippen LogP contribution in [0.15, 0.2) is 42.7 Å². The van der Waals surface area contributed by atoms with E-state index in [0.717, 1.165) is 0 Å². The first-order valence-electron chi connectivity index (χ1n) is 5.43. The lowest BCUT2D eigenvalue weighted by Gasteiger charge is -2.10. The van der Waals surface area contributed by atoms with Crippen LogP contribution in [0.2, 0.25) is 10.0 Å². The SMILES string of the molecule is N#CC(C(=O)c1c(Cl)cccc1Cl)c1cccnc1. The number of pyridine rings is 1. The lowest BCUT2D eigenvalue weighted by atomic mass is 9.93. The summed E-state index contributed by atoms with van der Waals surface area (Å²) >= 11 is 12.0. The van der Waals surface area contributed by atoms with Gasteiger partial charge < -0.3 is 0 Å². The normalized spacial score (nSPS) is 11.6. The molecule has 0 radical (unpaired) electrons. The fourth-order valence-corrected chi connectivity index (χ4v) is 2.29. The molecule has 5 heteroatoms. The summed E-state index contributed by atoms with van der Waals surface area (Å²) < 4.78 is 0. The van der Waals surface area contributed by atoms with E-state index in [-0.39, 0.29) is 15.6 Å². The van der Waals surface area contributed by atoms with Gasteiger partial charge in [0.1, 0.15) is 5.92 Å². The summed E-state index contributed by atoms with van der Waals surface area (Å²) in [6.07, 6.45) is 3.06. The molecule has 19 heavy (non-hydrogen) atoms. The van der Waals surface area contributed by atoms with Gasteiger partial charge in [-0.05, 0) is 23.8 Å². The number of halogens is 2. The van der Waals surface area contributed by atoms with Crippen LogP contribution >= 0.6 is 23.2 Å². The van der Waals surface area contributed by atoms with Crippen molar-refractivity contribution in [1.82, 2.24) is 4.98 Å². The van der Waals surface area contributed by atoms with Crippen molar-refractivity contribution >= 4 is 29.0 Å². The molecule has 0 aliphatic rings. The maximum atomic E-state index is 12.4. The van der Waals surface area contributed by atoms with Crippen LogP contribution in [0.1, 0.15) is 21.8 Å². The van der Waals surface area contributed by atoms with E-state index < -0.39 is 11.7 Å². The summed E-state index contributed by atoms with van der Waals surface area (Å²) in [4.78, 5) is 16.3. The average molecular weight is 291 g/mol. The molecule has 0 spiro atoms. The van der Waals surface area contributed by atoms with E-state index in [1.54, 1.807) is 36.5 Å². The lowest BCUT2D eigenvalue weighted by Crippen LogP contribution is -2.12. The Balaban J connectivity index is 2.46. The third kappa shape index (κ3) is 2.76. The Bertz CT molecular complexity index is 630. The second kappa shape index (κ2) is 5.83. The number of aromatic nitrogens is 1. The number of benzene rings is 1. The largest absolute Gasteiger partial charge is 0.292 e. The molecule has 2 rings (SSSR count). The van der Waals surface area contributed by atoms with Crippen molar-refractivity contribution in [1.29, 1.82) is 5.26 Å². The molecule has 0 aliphatic carbocycles. The Morgan fingerprint density at radius 3 is 2.42 bits per heavy atom. The van der Waals surface area contributed by atoms with Crippen LogP contribution in [0, 0.1) is 11.3 Å². The van der Waals surface area contributed by atoms with Gasteiger partial charge in [0.25, 0.3) is 0 Å². The zero-order valence-corrected chi connectivity index (χ0v) is 11.2. The fraction of sp³-hybridized carbons (Fsp3) is 0.0714. The summed E-state index contributed by atoms with van der Waals surface area (Å²) in [5.74, 6) is -1.39. The second-order valence-corrected chi connectivity index (χ2v) is 4.62. The topological polar surface area (TPSA) is 53.8 Å². The number of carbonyl (C=O) groups excluding carboxylic acids is 1. The van der Waals surface area contributed by atoms with Crippen molar-refractivity contribution in [2.75, 3.05) is 0 Å². The van der Waals surface area contributed by atoms with Gasteiger partial charge in [-0.25, -0.2) is 0 Å². The van der Waals surface area contributed by atoms with Gasteiger partial charge in [0, 0.05) is 12.4 Å². The highest BCUT2D eigenvalue weighted by atomic mass is 35.5. The highest BCUT2D eigenvalue weighted by molar-refractivity contribution is 6.40. The summed E-state index contributed by atoms with van der Waals surface area (Å²) in [5, 5.41) is 9.68. The van der Waals surface area contributed by atoms with Crippen LogP contribution in [0.5, 0.6) is 0 Å². The molecule has 0 bridgehead atoms. The van der Waals surface area contributed by atoms with Crippen molar-refractivity contribution in [3.05, 3.63) is 63.9 Å². The molecule has 1 unspecified atom stereocenters. The Kier molecular flexibility index (Phi) is 4.16. The maximum Gasteiger partial charge on any atom is 0.187 e. The molecule has 0 amide bonds. The fourth-order valence-electron chi connectivity index (χ4n) is 1.71. The lowest BCUT2D eigenvalue weighted by molar-refractivity contribution is 0.0979.